The SMILES string of the molecule is CCOP(=O)(OCC)C([NH3+])C(=O)N1CCCCC1. The predicted molar refractivity (Wildman–Crippen MR) is 68.0 cm³/mol. The number of likely N-dealkylation sites (tertiary alicyclic amines) is 1. The molecular formula is C11H24N2O4P+. The molecule has 1 unspecified atom stereocenters. The summed E-state index contributed by atoms with van der Waals surface area (Å²) in [4.78, 5) is 13.9. The molecule has 0 aromatic heterocycles. The van der Waals surface area contributed by atoms with Crippen molar-refractivity contribution in [1.82, 2.24) is 4.90 Å². The summed E-state index contributed by atoms with van der Waals surface area (Å²) in [5.74, 6) is -1.18. The van der Waals surface area contributed by atoms with Gasteiger partial charge in [-0.1, -0.05) is 0 Å². The molecule has 1 atom stereocenters. The third-order valence-electron chi connectivity index (χ3n) is 2.95. The van der Waals surface area contributed by atoms with Crippen molar-refractivity contribution >= 4 is 13.5 Å². The minimum Gasteiger partial charge on any atom is -0.337 e. The van der Waals surface area contributed by atoms with Gasteiger partial charge in [-0.3, -0.25) is 9.36 Å². The highest BCUT2D eigenvalue weighted by Crippen LogP contribution is 2.50. The zero-order chi connectivity index (χ0) is 13.6. The molecule has 0 aromatic rings. The van der Waals surface area contributed by atoms with Crippen LogP contribution in [0.25, 0.3) is 0 Å². The van der Waals surface area contributed by atoms with Gasteiger partial charge in [0.1, 0.15) is 0 Å². The Morgan fingerprint density at radius 2 is 1.72 bits per heavy atom. The third-order valence-corrected chi connectivity index (χ3v) is 5.17. The first kappa shape index (κ1) is 15.6. The lowest BCUT2D eigenvalue weighted by Crippen LogP contribution is -2.68. The molecule has 0 saturated carbocycles. The molecule has 1 amide bonds. The summed E-state index contributed by atoms with van der Waals surface area (Å²) < 4.78 is 22.8. The molecule has 0 bridgehead atoms. The largest absolute Gasteiger partial charge is 0.397 e. The molecule has 0 aliphatic carbocycles. The molecule has 7 heteroatoms. The zero-order valence-corrected chi connectivity index (χ0v) is 12.2. The highest BCUT2D eigenvalue weighted by molar-refractivity contribution is 7.55. The van der Waals surface area contributed by atoms with E-state index in [0.29, 0.717) is 13.1 Å². The molecule has 3 N–H and O–H groups in total. The molecule has 0 aromatic carbocycles. The van der Waals surface area contributed by atoms with E-state index in [9.17, 15) is 9.36 Å². The summed E-state index contributed by atoms with van der Waals surface area (Å²) in [5, 5.41) is 0. The number of carbonyl (C=O) groups is 1. The normalized spacial score (nSPS) is 18.7. The Labute approximate surface area is 108 Å². The number of hydrogen-bond acceptors (Lipinski definition) is 4. The van der Waals surface area contributed by atoms with E-state index in [-0.39, 0.29) is 19.1 Å². The van der Waals surface area contributed by atoms with Crippen LogP contribution in [0.4, 0.5) is 0 Å². The second kappa shape index (κ2) is 7.24. The summed E-state index contributed by atoms with van der Waals surface area (Å²) in [7, 11) is -3.44. The van der Waals surface area contributed by atoms with Gasteiger partial charge in [-0.25, -0.2) is 0 Å². The third kappa shape index (κ3) is 3.79. The van der Waals surface area contributed by atoms with Crippen LogP contribution in [0.2, 0.25) is 0 Å². The van der Waals surface area contributed by atoms with E-state index < -0.39 is 13.4 Å². The first-order chi connectivity index (χ1) is 8.55. The van der Waals surface area contributed by atoms with E-state index in [2.05, 4.69) is 5.73 Å². The number of hydrogen-bond donors (Lipinski definition) is 1. The molecule has 1 aliphatic rings. The number of rotatable bonds is 6. The summed E-state index contributed by atoms with van der Waals surface area (Å²) >= 11 is 0. The fourth-order valence-electron chi connectivity index (χ4n) is 2.04. The molecule has 1 saturated heterocycles. The fraction of sp³-hybridized carbons (Fsp3) is 0.909. The molecular weight excluding hydrogens is 255 g/mol. The molecule has 1 aliphatic heterocycles. The van der Waals surface area contributed by atoms with Crippen molar-refractivity contribution in [3.63, 3.8) is 0 Å². The molecule has 1 heterocycles. The Morgan fingerprint density at radius 1 is 1.22 bits per heavy atom. The van der Waals surface area contributed by atoms with Crippen LogP contribution in [0.15, 0.2) is 0 Å². The molecule has 0 spiro atoms. The highest BCUT2D eigenvalue weighted by Gasteiger charge is 2.44. The Bertz CT molecular complexity index is 308. The Kier molecular flexibility index (Phi) is 6.29. The lowest BCUT2D eigenvalue weighted by molar-refractivity contribution is -0.382. The first-order valence-electron chi connectivity index (χ1n) is 6.55. The van der Waals surface area contributed by atoms with Crippen LogP contribution < -0.4 is 5.73 Å². The molecule has 6 nitrogen and oxygen atoms in total. The predicted octanol–water partition coefficient (Wildman–Crippen LogP) is 0.833. The number of piperidine rings is 1. The van der Waals surface area contributed by atoms with Crippen molar-refractivity contribution in [2.24, 2.45) is 0 Å². The van der Waals surface area contributed by atoms with Gasteiger partial charge in [-0.15, -0.1) is 0 Å². The van der Waals surface area contributed by atoms with Gasteiger partial charge in [0.15, 0.2) is 0 Å². The van der Waals surface area contributed by atoms with Crippen molar-refractivity contribution in [3.8, 4) is 0 Å². The van der Waals surface area contributed by atoms with Crippen molar-refractivity contribution < 1.29 is 24.1 Å². The van der Waals surface area contributed by atoms with Gasteiger partial charge >= 0.3 is 7.60 Å². The van der Waals surface area contributed by atoms with Gasteiger partial charge in [-0.2, -0.15) is 0 Å². The summed E-state index contributed by atoms with van der Waals surface area (Å²) in [6, 6.07) is 0. The molecule has 0 radical (unpaired) electrons. The Balaban J connectivity index is 2.72. The highest BCUT2D eigenvalue weighted by atomic mass is 31.2. The number of nitrogens with zero attached hydrogens (tertiary/aromatic N) is 1. The minimum atomic E-state index is -3.44. The number of quaternary nitrogens is 1. The quantitative estimate of drug-likeness (QED) is 0.730. The lowest BCUT2D eigenvalue weighted by atomic mass is 10.1. The summed E-state index contributed by atoms with van der Waals surface area (Å²) in [6.07, 6.45) is 3.12. The average Bonchev–Trinajstić information content (AvgIpc) is 2.38. The van der Waals surface area contributed by atoms with E-state index >= 15 is 0 Å². The van der Waals surface area contributed by atoms with Gasteiger partial charge < -0.3 is 19.7 Å². The van der Waals surface area contributed by atoms with Crippen molar-refractivity contribution in [2.75, 3.05) is 26.3 Å². The van der Waals surface area contributed by atoms with E-state index in [0.717, 1.165) is 19.3 Å². The van der Waals surface area contributed by atoms with Crippen molar-refractivity contribution in [3.05, 3.63) is 0 Å². The average molecular weight is 279 g/mol. The van der Waals surface area contributed by atoms with Gasteiger partial charge in [0, 0.05) is 13.1 Å². The smallest absolute Gasteiger partial charge is 0.337 e. The van der Waals surface area contributed by atoms with Gasteiger partial charge in [0.05, 0.1) is 13.2 Å². The number of amides is 1. The van der Waals surface area contributed by atoms with Crippen molar-refractivity contribution in [2.45, 2.75) is 38.9 Å². The summed E-state index contributed by atoms with van der Waals surface area (Å²) in [5.41, 5.74) is 3.72. The van der Waals surface area contributed by atoms with Crippen LogP contribution in [0.1, 0.15) is 33.1 Å². The Morgan fingerprint density at radius 3 is 2.17 bits per heavy atom. The maximum atomic E-state index is 12.4. The zero-order valence-electron chi connectivity index (χ0n) is 11.3. The number of carbonyl (C=O) groups excluding carboxylic acids is 1. The lowest BCUT2D eigenvalue weighted by Gasteiger charge is -2.29. The second-order valence-corrected chi connectivity index (χ2v) is 6.50. The molecule has 1 fully saturated rings. The first-order valence-corrected chi connectivity index (χ1v) is 8.17. The monoisotopic (exact) mass is 279 g/mol. The van der Waals surface area contributed by atoms with Crippen LogP contribution in [0.5, 0.6) is 0 Å². The second-order valence-electron chi connectivity index (χ2n) is 4.28. The van der Waals surface area contributed by atoms with Crippen LogP contribution >= 0.6 is 7.60 Å². The standard InChI is InChI=1S/C11H23N2O4P/c1-3-16-18(15,17-4-2)10(12)11(14)13-8-6-5-7-9-13/h10H,3-9,12H2,1-2H3/p+1. The maximum Gasteiger partial charge on any atom is 0.397 e. The maximum absolute atomic E-state index is 12.4. The van der Waals surface area contributed by atoms with Crippen LogP contribution in [-0.2, 0) is 18.4 Å². The van der Waals surface area contributed by atoms with Gasteiger partial charge in [0.2, 0.25) is 0 Å². The van der Waals surface area contributed by atoms with E-state index in [1.807, 2.05) is 0 Å². The Hall–Kier alpha value is -0.420. The van der Waals surface area contributed by atoms with E-state index in [1.165, 1.54) is 0 Å². The van der Waals surface area contributed by atoms with Crippen LogP contribution in [0.3, 0.4) is 0 Å². The fourth-order valence-corrected chi connectivity index (χ4v) is 3.63. The topological polar surface area (TPSA) is 83.5 Å². The van der Waals surface area contributed by atoms with Crippen LogP contribution in [-0.4, -0.2) is 42.9 Å². The van der Waals surface area contributed by atoms with Crippen LogP contribution in [0, 0.1) is 0 Å². The summed E-state index contributed by atoms with van der Waals surface area (Å²) in [6.45, 7) is 5.37. The molecule has 106 valence electrons. The van der Waals surface area contributed by atoms with E-state index in [1.54, 1.807) is 18.7 Å². The van der Waals surface area contributed by atoms with Crippen molar-refractivity contribution in [1.29, 1.82) is 0 Å². The minimum absolute atomic E-state index is 0.222. The molecule has 18 heavy (non-hydrogen) atoms. The van der Waals surface area contributed by atoms with Gasteiger partial charge in [0.25, 0.3) is 11.7 Å². The van der Waals surface area contributed by atoms with E-state index in [4.69, 9.17) is 9.05 Å². The van der Waals surface area contributed by atoms with Gasteiger partial charge in [-0.05, 0) is 33.1 Å². The molecule has 1 rings (SSSR count).